The standard InChI is InChI=1S/C14H16Cl2N2/c1-3-4-14-11(8-15)9-17-18(14)12-6-5-10(2)13(16)7-12/h5-7,9H,3-4,8H2,1-2H3. The summed E-state index contributed by atoms with van der Waals surface area (Å²) in [5, 5.41) is 5.18. The number of aromatic nitrogens is 2. The van der Waals surface area contributed by atoms with E-state index in [4.69, 9.17) is 23.2 Å². The molecule has 0 fully saturated rings. The Balaban J connectivity index is 2.49. The van der Waals surface area contributed by atoms with Crippen LogP contribution in [0.4, 0.5) is 0 Å². The van der Waals surface area contributed by atoms with E-state index in [0.717, 1.165) is 34.7 Å². The number of aryl methyl sites for hydroxylation is 1. The molecule has 0 radical (unpaired) electrons. The molecule has 0 amide bonds. The summed E-state index contributed by atoms with van der Waals surface area (Å²) in [6, 6.07) is 5.99. The molecule has 1 aromatic carbocycles. The van der Waals surface area contributed by atoms with Crippen molar-refractivity contribution in [3.05, 3.63) is 46.2 Å². The summed E-state index contributed by atoms with van der Waals surface area (Å²) in [6.45, 7) is 4.14. The first-order chi connectivity index (χ1) is 8.67. The van der Waals surface area contributed by atoms with E-state index in [1.807, 2.05) is 36.0 Å². The maximum Gasteiger partial charge on any atom is 0.0663 e. The fraction of sp³-hybridized carbons (Fsp3) is 0.357. The Hall–Kier alpha value is -0.990. The maximum atomic E-state index is 6.17. The van der Waals surface area contributed by atoms with Gasteiger partial charge >= 0.3 is 0 Å². The molecule has 2 nitrogen and oxygen atoms in total. The van der Waals surface area contributed by atoms with Crippen molar-refractivity contribution < 1.29 is 0 Å². The predicted molar refractivity (Wildman–Crippen MR) is 76.9 cm³/mol. The number of alkyl halides is 1. The zero-order valence-electron chi connectivity index (χ0n) is 10.6. The molecule has 96 valence electrons. The van der Waals surface area contributed by atoms with E-state index in [2.05, 4.69) is 12.0 Å². The third-order valence-corrected chi connectivity index (χ3v) is 3.68. The van der Waals surface area contributed by atoms with Crippen LogP contribution in [0.5, 0.6) is 0 Å². The van der Waals surface area contributed by atoms with Gasteiger partial charge in [-0.2, -0.15) is 5.10 Å². The van der Waals surface area contributed by atoms with Crippen LogP contribution in [0.25, 0.3) is 5.69 Å². The largest absolute Gasteiger partial charge is 0.237 e. The molecule has 0 aliphatic rings. The molecule has 4 heteroatoms. The van der Waals surface area contributed by atoms with Gasteiger partial charge in [0.15, 0.2) is 0 Å². The van der Waals surface area contributed by atoms with E-state index < -0.39 is 0 Å². The molecule has 0 aliphatic carbocycles. The first-order valence-corrected chi connectivity index (χ1v) is 6.97. The van der Waals surface area contributed by atoms with Gasteiger partial charge in [-0.3, -0.25) is 0 Å². The van der Waals surface area contributed by atoms with Crippen molar-refractivity contribution in [2.45, 2.75) is 32.6 Å². The molecule has 18 heavy (non-hydrogen) atoms. The van der Waals surface area contributed by atoms with Gasteiger partial charge in [0, 0.05) is 16.3 Å². The van der Waals surface area contributed by atoms with E-state index in [1.165, 1.54) is 5.69 Å². The lowest BCUT2D eigenvalue weighted by Gasteiger charge is -2.09. The second kappa shape index (κ2) is 5.77. The van der Waals surface area contributed by atoms with Crippen LogP contribution in [0.1, 0.15) is 30.2 Å². The van der Waals surface area contributed by atoms with Crippen LogP contribution in [0.2, 0.25) is 5.02 Å². The fourth-order valence-electron chi connectivity index (χ4n) is 1.96. The molecule has 0 saturated heterocycles. The minimum Gasteiger partial charge on any atom is -0.237 e. The minimum atomic E-state index is 0.495. The molecule has 0 atom stereocenters. The molecule has 0 bridgehead atoms. The molecular formula is C14H16Cl2N2. The van der Waals surface area contributed by atoms with Crippen LogP contribution in [0.15, 0.2) is 24.4 Å². The fourth-order valence-corrected chi connectivity index (χ4v) is 2.36. The van der Waals surface area contributed by atoms with Gasteiger partial charge in [0.1, 0.15) is 0 Å². The van der Waals surface area contributed by atoms with Crippen molar-refractivity contribution >= 4 is 23.2 Å². The second-order valence-electron chi connectivity index (χ2n) is 4.35. The van der Waals surface area contributed by atoms with Gasteiger partial charge in [-0.1, -0.05) is 31.0 Å². The summed E-state index contributed by atoms with van der Waals surface area (Å²) in [7, 11) is 0. The highest BCUT2D eigenvalue weighted by molar-refractivity contribution is 6.31. The van der Waals surface area contributed by atoms with Crippen LogP contribution < -0.4 is 0 Å². The second-order valence-corrected chi connectivity index (χ2v) is 5.02. The number of rotatable bonds is 4. The van der Waals surface area contributed by atoms with Gasteiger partial charge in [-0.05, 0) is 31.0 Å². The topological polar surface area (TPSA) is 17.8 Å². The van der Waals surface area contributed by atoms with Crippen LogP contribution in [0.3, 0.4) is 0 Å². The molecule has 0 N–H and O–H groups in total. The Morgan fingerprint density at radius 3 is 2.72 bits per heavy atom. The minimum absolute atomic E-state index is 0.495. The Morgan fingerprint density at radius 1 is 1.33 bits per heavy atom. The summed E-state index contributed by atoms with van der Waals surface area (Å²) in [6.07, 6.45) is 3.87. The predicted octanol–water partition coefficient (Wildman–Crippen LogP) is 4.53. The number of nitrogens with zero attached hydrogens (tertiary/aromatic N) is 2. The Kier molecular flexibility index (Phi) is 4.31. The normalized spacial score (nSPS) is 10.9. The van der Waals surface area contributed by atoms with E-state index >= 15 is 0 Å². The third-order valence-electron chi connectivity index (χ3n) is 2.99. The molecule has 0 unspecified atom stereocenters. The number of benzene rings is 1. The van der Waals surface area contributed by atoms with Gasteiger partial charge in [0.25, 0.3) is 0 Å². The highest BCUT2D eigenvalue weighted by atomic mass is 35.5. The van der Waals surface area contributed by atoms with Crippen molar-refractivity contribution in [2.75, 3.05) is 0 Å². The summed E-state index contributed by atoms with van der Waals surface area (Å²) < 4.78 is 1.94. The summed E-state index contributed by atoms with van der Waals surface area (Å²) in [4.78, 5) is 0. The van der Waals surface area contributed by atoms with Crippen molar-refractivity contribution in [1.82, 2.24) is 9.78 Å². The van der Waals surface area contributed by atoms with E-state index in [1.54, 1.807) is 0 Å². The van der Waals surface area contributed by atoms with Crippen LogP contribution >= 0.6 is 23.2 Å². The monoisotopic (exact) mass is 282 g/mol. The van der Waals surface area contributed by atoms with Gasteiger partial charge < -0.3 is 0 Å². The molecule has 0 spiro atoms. The average molecular weight is 283 g/mol. The Morgan fingerprint density at radius 2 is 2.11 bits per heavy atom. The number of hydrogen-bond acceptors (Lipinski definition) is 1. The molecular weight excluding hydrogens is 267 g/mol. The van der Waals surface area contributed by atoms with Gasteiger partial charge in [-0.15, -0.1) is 11.6 Å². The van der Waals surface area contributed by atoms with Crippen molar-refractivity contribution in [2.24, 2.45) is 0 Å². The number of halogens is 2. The molecule has 0 saturated carbocycles. The van der Waals surface area contributed by atoms with E-state index in [9.17, 15) is 0 Å². The van der Waals surface area contributed by atoms with Crippen molar-refractivity contribution in [3.63, 3.8) is 0 Å². The van der Waals surface area contributed by atoms with E-state index in [-0.39, 0.29) is 0 Å². The van der Waals surface area contributed by atoms with Crippen LogP contribution in [-0.2, 0) is 12.3 Å². The van der Waals surface area contributed by atoms with Crippen LogP contribution in [-0.4, -0.2) is 9.78 Å². The average Bonchev–Trinajstić information content (AvgIpc) is 2.76. The lowest BCUT2D eigenvalue weighted by Crippen LogP contribution is -2.03. The molecule has 1 aromatic heterocycles. The zero-order chi connectivity index (χ0) is 13.1. The highest BCUT2D eigenvalue weighted by Gasteiger charge is 2.11. The zero-order valence-corrected chi connectivity index (χ0v) is 12.1. The van der Waals surface area contributed by atoms with Gasteiger partial charge in [0.2, 0.25) is 0 Å². The summed E-state index contributed by atoms with van der Waals surface area (Å²) in [5.41, 5.74) is 4.33. The lowest BCUT2D eigenvalue weighted by molar-refractivity contribution is 0.771. The third kappa shape index (κ3) is 2.55. The summed E-state index contributed by atoms with van der Waals surface area (Å²) in [5.74, 6) is 0.495. The molecule has 0 aliphatic heterocycles. The smallest absolute Gasteiger partial charge is 0.0663 e. The SMILES string of the molecule is CCCc1c(CCl)cnn1-c1ccc(C)c(Cl)c1. The molecule has 1 heterocycles. The Labute approximate surface area is 118 Å². The van der Waals surface area contributed by atoms with Crippen molar-refractivity contribution in [3.8, 4) is 5.69 Å². The van der Waals surface area contributed by atoms with Gasteiger partial charge in [0.05, 0.1) is 17.8 Å². The Bertz CT molecular complexity index is 547. The lowest BCUT2D eigenvalue weighted by atomic mass is 10.1. The first kappa shape index (κ1) is 13.4. The quantitative estimate of drug-likeness (QED) is 0.754. The summed E-state index contributed by atoms with van der Waals surface area (Å²) >= 11 is 12.1. The molecule has 2 aromatic rings. The van der Waals surface area contributed by atoms with E-state index in [0.29, 0.717) is 5.88 Å². The van der Waals surface area contributed by atoms with Gasteiger partial charge in [-0.25, -0.2) is 4.68 Å². The first-order valence-electron chi connectivity index (χ1n) is 6.05. The van der Waals surface area contributed by atoms with Crippen molar-refractivity contribution in [1.29, 1.82) is 0 Å². The maximum absolute atomic E-state index is 6.17. The number of hydrogen-bond donors (Lipinski definition) is 0. The molecule has 2 rings (SSSR count). The van der Waals surface area contributed by atoms with Crippen LogP contribution in [0, 0.1) is 6.92 Å². The highest BCUT2D eigenvalue weighted by Crippen LogP contribution is 2.22.